The van der Waals surface area contributed by atoms with Gasteiger partial charge >= 0.3 is 12.1 Å². The van der Waals surface area contributed by atoms with Crippen molar-refractivity contribution in [2.24, 2.45) is 10.8 Å². The van der Waals surface area contributed by atoms with E-state index in [2.05, 4.69) is 22.4 Å². The predicted molar refractivity (Wildman–Crippen MR) is 75.0 cm³/mol. The zero-order valence-corrected chi connectivity index (χ0v) is 12.0. The summed E-state index contributed by atoms with van der Waals surface area (Å²) in [7, 11) is 0. The van der Waals surface area contributed by atoms with Crippen LogP contribution in [0.4, 0.5) is 4.79 Å². The average molecular weight is 286 g/mol. The van der Waals surface area contributed by atoms with E-state index < -0.39 is 23.7 Å². The van der Waals surface area contributed by atoms with Crippen molar-refractivity contribution in [3.8, 4) is 0 Å². The van der Waals surface area contributed by atoms with Crippen molar-refractivity contribution in [1.82, 2.24) is 10.7 Å². The molecule has 0 aromatic rings. The highest BCUT2D eigenvalue weighted by molar-refractivity contribution is 5.80. The van der Waals surface area contributed by atoms with Gasteiger partial charge in [0.2, 0.25) is 0 Å². The zero-order valence-electron chi connectivity index (χ0n) is 12.0. The Morgan fingerprint density at radius 3 is 2.55 bits per heavy atom. The molecule has 0 heterocycles. The molecule has 0 aromatic carbocycles. The Labute approximate surface area is 118 Å². The zero-order chi connectivity index (χ0) is 15.8. The van der Waals surface area contributed by atoms with Crippen molar-refractivity contribution >= 4 is 18.3 Å². The molecule has 0 radical (unpaired) electrons. The third kappa shape index (κ3) is 9.75. The number of hydrogen-bond donors (Lipinski definition) is 4. The van der Waals surface area contributed by atoms with Gasteiger partial charge in [-0.1, -0.05) is 6.58 Å². The Hall–Kier alpha value is -2.25. The highest BCUT2D eigenvalue weighted by Crippen LogP contribution is 2.07. The van der Waals surface area contributed by atoms with Gasteiger partial charge in [0.05, 0.1) is 0 Å². The first kappa shape index (κ1) is 17.8. The fourth-order valence-corrected chi connectivity index (χ4v) is 1.14. The lowest BCUT2D eigenvalue weighted by Gasteiger charge is -2.21. The van der Waals surface area contributed by atoms with Crippen LogP contribution in [0.2, 0.25) is 0 Å². The molecule has 0 aliphatic rings. The van der Waals surface area contributed by atoms with Gasteiger partial charge < -0.3 is 20.9 Å². The molecule has 0 bridgehead atoms. The number of nitrogens with two attached hydrogens (primary N) is 1. The summed E-state index contributed by atoms with van der Waals surface area (Å²) in [5.74, 6) is -0.955. The molecule has 0 saturated carbocycles. The minimum absolute atomic E-state index is 0.177. The summed E-state index contributed by atoms with van der Waals surface area (Å²) in [4.78, 5) is 22.5. The summed E-state index contributed by atoms with van der Waals surface area (Å²) < 4.78 is 4.99. The van der Waals surface area contributed by atoms with E-state index in [0.29, 0.717) is 6.42 Å². The van der Waals surface area contributed by atoms with Crippen molar-refractivity contribution < 1.29 is 19.4 Å². The van der Waals surface area contributed by atoms with Crippen molar-refractivity contribution in [2.75, 3.05) is 0 Å². The summed E-state index contributed by atoms with van der Waals surface area (Å²) in [5, 5.41) is 15.0. The van der Waals surface area contributed by atoms with Crippen LogP contribution in [0.15, 0.2) is 17.5 Å². The molecule has 0 unspecified atom stereocenters. The predicted octanol–water partition coefficient (Wildman–Crippen LogP) is 0.750. The van der Waals surface area contributed by atoms with Gasteiger partial charge in [-0.25, -0.2) is 9.59 Å². The average Bonchev–Trinajstić information content (AvgIpc) is 2.23. The monoisotopic (exact) mass is 286 g/mol. The van der Waals surface area contributed by atoms with Crippen molar-refractivity contribution in [1.29, 1.82) is 0 Å². The van der Waals surface area contributed by atoms with Crippen LogP contribution in [0.5, 0.6) is 0 Å². The summed E-state index contributed by atoms with van der Waals surface area (Å²) in [6, 6.07) is -1.04. The van der Waals surface area contributed by atoms with Crippen LogP contribution in [-0.4, -0.2) is 35.0 Å². The van der Waals surface area contributed by atoms with E-state index in [1.165, 1.54) is 6.21 Å². The van der Waals surface area contributed by atoms with Crippen LogP contribution in [0.25, 0.3) is 0 Å². The summed E-state index contributed by atoms with van der Waals surface area (Å²) in [6.45, 7) is 8.46. The summed E-state index contributed by atoms with van der Waals surface area (Å²) in [5.41, 5.74) is 6.95. The maximum absolute atomic E-state index is 11.5. The number of alkyl carbamates (subject to hydrolysis) is 1. The smallest absolute Gasteiger partial charge is 0.408 e. The number of nitrogens with one attached hydrogen (secondary N) is 2. The third-order valence-corrected chi connectivity index (χ3v) is 1.87. The number of amides is 1. The normalized spacial score (nSPS) is 12.8. The summed E-state index contributed by atoms with van der Waals surface area (Å²) >= 11 is 0. The summed E-state index contributed by atoms with van der Waals surface area (Å²) in [6.07, 6.45) is 1.20. The van der Waals surface area contributed by atoms with Gasteiger partial charge in [0, 0.05) is 6.21 Å². The maximum Gasteiger partial charge on any atom is 0.408 e. The van der Waals surface area contributed by atoms with E-state index in [1.54, 1.807) is 20.8 Å². The molecule has 0 rings (SSSR count). The molecule has 114 valence electrons. The Bertz CT molecular complexity index is 387. The molecule has 0 saturated heterocycles. The topological polar surface area (TPSA) is 126 Å². The maximum atomic E-state index is 11.5. The van der Waals surface area contributed by atoms with Gasteiger partial charge in [-0.15, -0.1) is 0 Å². The molecule has 8 nitrogen and oxygen atoms in total. The van der Waals surface area contributed by atoms with E-state index in [9.17, 15) is 9.59 Å². The number of carbonyl (C=O) groups excluding carboxylic acids is 1. The van der Waals surface area contributed by atoms with Crippen LogP contribution >= 0.6 is 0 Å². The van der Waals surface area contributed by atoms with E-state index in [0.717, 1.165) is 0 Å². The SMILES string of the molecule is C=C(N)N/N=C\CC[C@H](NC(=O)OC(C)(C)C)C(=O)O. The number of aliphatic carboxylic acids is 1. The van der Waals surface area contributed by atoms with Gasteiger partial charge in [0.15, 0.2) is 0 Å². The molecular weight excluding hydrogens is 264 g/mol. The highest BCUT2D eigenvalue weighted by atomic mass is 16.6. The number of ether oxygens (including phenoxy) is 1. The second-order valence-electron chi connectivity index (χ2n) is 5.06. The lowest BCUT2D eigenvalue weighted by Crippen LogP contribution is -2.43. The standard InChI is InChI=1S/C12H22N4O4/c1-8(13)16-14-7-5-6-9(10(17)18)15-11(19)20-12(2,3)4/h7,9,16H,1,5-6,13H2,2-4H3,(H,15,19)(H,17,18)/b14-7-/t9-/m0/s1. The largest absolute Gasteiger partial charge is 0.480 e. The van der Waals surface area contributed by atoms with Crippen LogP contribution in [0.1, 0.15) is 33.6 Å². The molecule has 1 amide bonds. The van der Waals surface area contributed by atoms with Gasteiger partial charge in [0.25, 0.3) is 0 Å². The van der Waals surface area contributed by atoms with Crippen molar-refractivity contribution in [2.45, 2.75) is 45.3 Å². The van der Waals surface area contributed by atoms with Crippen LogP contribution < -0.4 is 16.5 Å². The Kier molecular flexibility index (Phi) is 7.12. The number of nitrogens with zero attached hydrogens (tertiary/aromatic N) is 1. The molecule has 0 aliphatic carbocycles. The number of carbonyl (C=O) groups is 2. The minimum atomic E-state index is -1.14. The third-order valence-electron chi connectivity index (χ3n) is 1.87. The first-order valence-corrected chi connectivity index (χ1v) is 6.06. The second kappa shape index (κ2) is 8.03. The van der Waals surface area contributed by atoms with Crippen LogP contribution in [-0.2, 0) is 9.53 Å². The van der Waals surface area contributed by atoms with Crippen LogP contribution in [0, 0.1) is 0 Å². The molecule has 0 spiro atoms. The first-order chi connectivity index (χ1) is 9.11. The quantitative estimate of drug-likeness (QED) is 0.404. The Morgan fingerprint density at radius 1 is 1.50 bits per heavy atom. The number of carboxylic acid groups (broad SMARTS) is 1. The van der Waals surface area contributed by atoms with Gasteiger partial charge in [-0.05, 0) is 33.6 Å². The van der Waals surface area contributed by atoms with Crippen LogP contribution in [0.3, 0.4) is 0 Å². The fraction of sp³-hybridized carbons (Fsp3) is 0.583. The van der Waals surface area contributed by atoms with Crippen molar-refractivity contribution in [3.63, 3.8) is 0 Å². The molecule has 0 aliphatic heterocycles. The minimum Gasteiger partial charge on any atom is -0.480 e. The molecule has 0 fully saturated rings. The number of hydrogen-bond acceptors (Lipinski definition) is 6. The lowest BCUT2D eigenvalue weighted by atomic mass is 10.1. The molecule has 0 aromatic heterocycles. The van der Waals surface area contributed by atoms with Gasteiger partial charge in [0.1, 0.15) is 17.5 Å². The number of rotatable bonds is 7. The fourth-order valence-electron chi connectivity index (χ4n) is 1.14. The molecule has 5 N–H and O–H groups in total. The number of hydrazone groups is 1. The second-order valence-corrected chi connectivity index (χ2v) is 5.06. The first-order valence-electron chi connectivity index (χ1n) is 6.06. The Morgan fingerprint density at radius 2 is 2.10 bits per heavy atom. The van der Waals surface area contributed by atoms with E-state index >= 15 is 0 Å². The molecular formula is C12H22N4O4. The lowest BCUT2D eigenvalue weighted by molar-refractivity contribution is -0.139. The van der Waals surface area contributed by atoms with E-state index in [4.69, 9.17) is 15.6 Å². The Balaban J connectivity index is 4.24. The van der Waals surface area contributed by atoms with Crippen molar-refractivity contribution in [3.05, 3.63) is 12.4 Å². The number of carboxylic acids is 1. The van der Waals surface area contributed by atoms with E-state index in [1.807, 2.05) is 0 Å². The molecule has 8 heteroatoms. The molecule has 1 atom stereocenters. The van der Waals surface area contributed by atoms with E-state index in [-0.39, 0.29) is 12.2 Å². The van der Waals surface area contributed by atoms with Gasteiger partial charge in [-0.3, -0.25) is 5.43 Å². The molecule has 20 heavy (non-hydrogen) atoms. The van der Waals surface area contributed by atoms with Gasteiger partial charge in [-0.2, -0.15) is 5.10 Å². The highest BCUT2D eigenvalue weighted by Gasteiger charge is 2.23.